The highest BCUT2D eigenvalue weighted by Crippen LogP contribution is 2.09. The fourth-order valence-corrected chi connectivity index (χ4v) is 4.62. The van der Waals surface area contributed by atoms with Crippen molar-refractivity contribution < 1.29 is 33.4 Å². The molecule has 248 valence electrons. The van der Waals surface area contributed by atoms with E-state index in [4.69, 9.17) is 9.47 Å². The molecule has 0 bridgehead atoms. The van der Waals surface area contributed by atoms with Crippen LogP contribution in [0.15, 0.2) is 121 Å². The molecule has 11 nitrogen and oxygen atoms in total. The Bertz CT molecular complexity index is 1500. The van der Waals surface area contributed by atoms with E-state index in [-0.39, 0.29) is 26.1 Å². The molecule has 2 atom stereocenters. The Morgan fingerprint density at radius 2 is 0.771 bits per heavy atom. The molecule has 0 aliphatic carbocycles. The van der Waals surface area contributed by atoms with Crippen molar-refractivity contribution in [1.29, 1.82) is 0 Å². The summed E-state index contributed by atoms with van der Waals surface area (Å²) in [5, 5.41) is 9.99. The van der Waals surface area contributed by atoms with Crippen LogP contribution in [0.1, 0.15) is 22.3 Å². The van der Waals surface area contributed by atoms with E-state index in [1.54, 1.807) is 0 Å². The normalized spacial score (nSPS) is 11.7. The van der Waals surface area contributed by atoms with Crippen molar-refractivity contribution in [3.8, 4) is 0 Å². The smallest absolute Gasteiger partial charge is 0.329 e. The molecule has 4 amide bonds. The van der Waals surface area contributed by atoms with Crippen LogP contribution < -0.4 is 21.3 Å². The number of carbonyl (C=O) groups excluding carboxylic acids is 5. The van der Waals surface area contributed by atoms with Crippen molar-refractivity contribution in [2.45, 2.75) is 38.1 Å². The number of esters is 2. The summed E-state index contributed by atoms with van der Waals surface area (Å²) in [6, 6.07) is 33.8. The van der Waals surface area contributed by atoms with Gasteiger partial charge in [0, 0.05) is 12.8 Å². The summed E-state index contributed by atoms with van der Waals surface area (Å²) in [4.78, 5) is 63.7. The lowest BCUT2D eigenvalue weighted by Gasteiger charge is -2.19. The first-order chi connectivity index (χ1) is 23.4. The van der Waals surface area contributed by atoms with Gasteiger partial charge in [0.2, 0.25) is 11.8 Å². The van der Waals surface area contributed by atoms with Crippen LogP contribution in [-0.4, -0.2) is 55.0 Å². The molecule has 4 aromatic carbocycles. The maximum Gasteiger partial charge on any atom is 0.329 e. The van der Waals surface area contributed by atoms with Crippen LogP contribution in [0.25, 0.3) is 0 Å². The van der Waals surface area contributed by atoms with Gasteiger partial charge in [-0.05, 0) is 22.3 Å². The highest BCUT2D eigenvalue weighted by Gasteiger charge is 2.25. The number of benzene rings is 4. The standard InChI is InChI=1S/C37H38N4O7/c42-33(40-31(21-27-13-5-1-6-14-27)35(44)47-25-29-17-9-3-10-18-29)23-38-37(46)39-24-34(43)41-32(22-28-15-7-2-8-16-28)36(45)48-26-30-19-11-4-12-20-30/h1-20,31-32H,21-26H2,(H,40,42)(H,41,43)(H2,38,39,46)/t31-,32-/m0/s1. The number of hydrogen-bond donors (Lipinski definition) is 4. The minimum absolute atomic E-state index is 0.0422. The minimum atomic E-state index is -0.998. The van der Waals surface area contributed by atoms with Gasteiger partial charge in [0.1, 0.15) is 25.3 Å². The second kappa shape index (κ2) is 18.9. The van der Waals surface area contributed by atoms with E-state index in [0.29, 0.717) is 0 Å². The zero-order valence-corrected chi connectivity index (χ0v) is 26.3. The van der Waals surface area contributed by atoms with Gasteiger partial charge in [-0.15, -0.1) is 0 Å². The first-order valence-corrected chi connectivity index (χ1v) is 15.4. The molecule has 0 saturated carbocycles. The third-order valence-electron chi connectivity index (χ3n) is 7.07. The zero-order valence-electron chi connectivity index (χ0n) is 26.3. The number of carbonyl (C=O) groups is 5. The van der Waals surface area contributed by atoms with Gasteiger partial charge in [-0.3, -0.25) is 9.59 Å². The summed E-state index contributed by atoms with van der Waals surface area (Å²) >= 11 is 0. The van der Waals surface area contributed by atoms with Gasteiger partial charge in [-0.2, -0.15) is 0 Å². The molecule has 0 radical (unpaired) electrons. The van der Waals surface area contributed by atoms with E-state index in [9.17, 15) is 24.0 Å². The zero-order chi connectivity index (χ0) is 34.0. The van der Waals surface area contributed by atoms with Crippen molar-refractivity contribution in [3.63, 3.8) is 0 Å². The Kier molecular flexibility index (Phi) is 13.7. The van der Waals surface area contributed by atoms with Crippen LogP contribution in [0.5, 0.6) is 0 Å². The fourth-order valence-electron chi connectivity index (χ4n) is 4.62. The van der Waals surface area contributed by atoms with Crippen LogP contribution in [-0.2, 0) is 54.7 Å². The monoisotopic (exact) mass is 650 g/mol. The van der Waals surface area contributed by atoms with Crippen LogP contribution >= 0.6 is 0 Å². The number of rotatable bonds is 16. The van der Waals surface area contributed by atoms with Gasteiger partial charge in [-0.1, -0.05) is 121 Å². The quantitative estimate of drug-likeness (QED) is 0.136. The number of nitrogens with one attached hydrogen (secondary N) is 4. The Hall–Kier alpha value is -5.97. The van der Waals surface area contributed by atoms with Crippen molar-refractivity contribution in [2.24, 2.45) is 0 Å². The van der Waals surface area contributed by atoms with E-state index >= 15 is 0 Å². The third kappa shape index (κ3) is 12.4. The SMILES string of the molecule is O=C(CNC(=O)NCC(=O)N[C@@H](Cc1ccccc1)C(=O)OCc1ccccc1)N[C@@H](Cc1ccccc1)C(=O)OCc1ccccc1. The second-order valence-corrected chi connectivity index (χ2v) is 10.8. The van der Waals surface area contributed by atoms with Gasteiger partial charge in [0.05, 0.1) is 13.1 Å². The summed E-state index contributed by atoms with van der Waals surface area (Å²) in [5.74, 6) is -2.50. The Labute approximate surface area is 279 Å². The highest BCUT2D eigenvalue weighted by molar-refractivity contribution is 5.90. The Morgan fingerprint density at radius 3 is 1.10 bits per heavy atom. The minimum Gasteiger partial charge on any atom is -0.459 e. The largest absolute Gasteiger partial charge is 0.459 e. The lowest BCUT2D eigenvalue weighted by molar-refractivity contribution is -0.149. The molecule has 0 spiro atoms. The van der Waals surface area contributed by atoms with Gasteiger partial charge >= 0.3 is 18.0 Å². The van der Waals surface area contributed by atoms with E-state index < -0.39 is 55.0 Å². The Morgan fingerprint density at radius 1 is 0.458 bits per heavy atom. The highest BCUT2D eigenvalue weighted by atomic mass is 16.5. The Balaban J connectivity index is 1.25. The van der Waals surface area contributed by atoms with Crippen LogP contribution in [0, 0.1) is 0 Å². The average molecular weight is 651 g/mol. The molecule has 0 aromatic heterocycles. The lowest BCUT2D eigenvalue weighted by atomic mass is 10.1. The van der Waals surface area contributed by atoms with E-state index in [1.165, 1.54) is 0 Å². The molecular weight excluding hydrogens is 612 g/mol. The summed E-state index contributed by atoms with van der Waals surface area (Å²) in [6.07, 6.45) is 0.370. The molecule has 4 N–H and O–H groups in total. The molecule has 0 saturated heterocycles. The summed E-state index contributed by atoms with van der Waals surface area (Å²) in [5.41, 5.74) is 3.22. The topological polar surface area (TPSA) is 152 Å². The van der Waals surface area contributed by atoms with Crippen molar-refractivity contribution in [1.82, 2.24) is 21.3 Å². The molecule has 0 heterocycles. The molecule has 0 fully saturated rings. The van der Waals surface area contributed by atoms with Gasteiger partial charge in [-0.25, -0.2) is 14.4 Å². The molecule has 11 heteroatoms. The second-order valence-electron chi connectivity index (χ2n) is 10.8. The van der Waals surface area contributed by atoms with Gasteiger partial charge in [0.25, 0.3) is 0 Å². The number of ether oxygens (including phenoxy) is 2. The average Bonchev–Trinajstić information content (AvgIpc) is 3.12. The molecule has 0 aliphatic rings. The van der Waals surface area contributed by atoms with E-state index in [0.717, 1.165) is 22.3 Å². The summed E-state index contributed by atoms with van der Waals surface area (Å²) < 4.78 is 10.9. The predicted molar refractivity (Wildman–Crippen MR) is 178 cm³/mol. The van der Waals surface area contributed by atoms with Crippen LogP contribution in [0.2, 0.25) is 0 Å². The maximum atomic E-state index is 12.9. The fraction of sp³-hybridized carbons (Fsp3) is 0.216. The molecule has 0 aliphatic heterocycles. The number of amides is 4. The van der Waals surface area contributed by atoms with E-state index in [1.807, 2.05) is 121 Å². The first-order valence-electron chi connectivity index (χ1n) is 15.4. The van der Waals surface area contributed by atoms with Crippen molar-refractivity contribution >= 4 is 29.8 Å². The lowest BCUT2D eigenvalue weighted by Crippen LogP contribution is -2.51. The molecular formula is C37H38N4O7. The molecule has 4 aromatic rings. The van der Waals surface area contributed by atoms with Crippen LogP contribution in [0.4, 0.5) is 4.79 Å². The third-order valence-corrected chi connectivity index (χ3v) is 7.07. The predicted octanol–water partition coefficient (Wildman–Crippen LogP) is 3.23. The van der Waals surface area contributed by atoms with Gasteiger partial charge < -0.3 is 30.7 Å². The molecule has 48 heavy (non-hydrogen) atoms. The number of hydrogen-bond acceptors (Lipinski definition) is 7. The van der Waals surface area contributed by atoms with Crippen LogP contribution in [0.3, 0.4) is 0 Å². The van der Waals surface area contributed by atoms with Gasteiger partial charge in [0.15, 0.2) is 0 Å². The molecule has 0 unspecified atom stereocenters. The summed E-state index contributed by atoms with van der Waals surface area (Å²) in [6.45, 7) is -0.846. The van der Waals surface area contributed by atoms with E-state index in [2.05, 4.69) is 21.3 Å². The summed E-state index contributed by atoms with van der Waals surface area (Å²) in [7, 11) is 0. The molecule has 4 rings (SSSR count). The van der Waals surface area contributed by atoms with Crippen molar-refractivity contribution in [2.75, 3.05) is 13.1 Å². The number of urea groups is 1. The first kappa shape index (κ1) is 34.9. The van der Waals surface area contributed by atoms with Crippen molar-refractivity contribution in [3.05, 3.63) is 144 Å². The maximum absolute atomic E-state index is 12.9.